The van der Waals surface area contributed by atoms with Gasteiger partial charge in [0.2, 0.25) is 11.8 Å². The second-order valence-corrected chi connectivity index (χ2v) is 9.90. The smallest absolute Gasteiger partial charge is 0.222 e. The van der Waals surface area contributed by atoms with Crippen molar-refractivity contribution in [2.45, 2.75) is 39.2 Å². The number of carbonyl (C=O) groups excluding carboxylic acids is 2. The van der Waals surface area contributed by atoms with Crippen molar-refractivity contribution in [2.75, 3.05) is 146 Å². The van der Waals surface area contributed by atoms with E-state index >= 15 is 0 Å². The summed E-state index contributed by atoms with van der Waals surface area (Å²) in [7, 11) is 3.64. The molecule has 1 atom stereocenters. The molecule has 14 nitrogen and oxygen atoms in total. The lowest BCUT2D eigenvalue weighted by atomic mass is 10.3. The lowest BCUT2D eigenvalue weighted by molar-refractivity contribution is -0.123. The lowest BCUT2D eigenvalue weighted by Gasteiger charge is -2.16. The quantitative estimate of drug-likeness (QED) is 0.0933. The summed E-state index contributed by atoms with van der Waals surface area (Å²) in [6, 6.07) is 0. The number of likely N-dealkylation sites (N-methyl/N-ethyl adjacent to an activating group) is 1. The summed E-state index contributed by atoms with van der Waals surface area (Å²) in [5, 5.41) is 5.60. The third kappa shape index (κ3) is 33.4. The Balaban J connectivity index is 3.23. The molecule has 2 N–H and O–H groups in total. The highest BCUT2D eigenvalue weighted by Gasteiger charge is 2.04. The van der Waals surface area contributed by atoms with Crippen molar-refractivity contribution in [3.8, 4) is 0 Å². The zero-order chi connectivity index (χ0) is 32.4. The van der Waals surface area contributed by atoms with Gasteiger partial charge in [0.15, 0.2) is 0 Å². The highest BCUT2D eigenvalue weighted by atomic mass is 16.6. The zero-order valence-corrected chi connectivity index (χ0v) is 27.8. The van der Waals surface area contributed by atoms with E-state index < -0.39 is 0 Å². The van der Waals surface area contributed by atoms with Crippen molar-refractivity contribution in [2.24, 2.45) is 0 Å². The fourth-order valence-corrected chi connectivity index (χ4v) is 3.19. The van der Waals surface area contributed by atoms with Crippen LogP contribution in [-0.2, 0) is 52.2 Å². The molecule has 0 radical (unpaired) electrons. The number of rotatable bonds is 35. The van der Waals surface area contributed by atoms with E-state index in [2.05, 4.69) is 15.5 Å². The van der Waals surface area contributed by atoms with Gasteiger partial charge in [0.1, 0.15) is 0 Å². The number of ether oxygens (including phenoxy) is 9. The number of methoxy groups -OCH3 is 1. The van der Waals surface area contributed by atoms with Crippen LogP contribution in [0.3, 0.4) is 0 Å². The average Bonchev–Trinajstić information content (AvgIpc) is 3.02. The molecule has 0 aromatic rings. The minimum absolute atomic E-state index is 0.00184. The number of nitrogens with one attached hydrogen (secondary N) is 2. The van der Waals surface area contributed by atoms with Gasteiger partial charge in [-0.25, -0.2) is 0 Å². The molecular weight excluding hydrogens is 578 g/mol. The second-order valence-electron chi connectivity index (χ2n) is 9.90. The van der Waals surface area contributed by atoms with Gasteiger partial charge in [0, 0.05) is 46.1 Å². The first kappa shape index (κ1) is 42.5. The van der Waals surface area contributed by atoms with E-state index in [1.807, 2.05) is 20.9 Å². The summed E-state index contributed by atoms with van der Waals surface area (Å²) in [6.45, 7) is 14.7. The molecule has 0 fully saturated rings. The summed E-state index contributed by atoms with van der Waals surface area (Å²) < 4.78 is 49.0. The van der Waals surface area contributed by atoms with Crippen LogP contribution in [0.4, 0.5) is 0 Å². The van der Waals surface area contributed by atoms with Crippen molar-refractivity contribution in [3.05, 3.63) is 0 Å². The molecule has 0 saturated carbocycles. The number of hydrogen-bond donors (Lipinski definition) is 2. The second kappa shape index (κ2) is 34.4. The first-order chi connectivity index (χ1) is 21.5. The minimum Gasteiger partial charge on any atom is -0.380 e. The Morgan fingerprint density at radius 3 is 1.27 bits per heavy atom. The number of amides is 2. The summed E-state index contributed by atoms with van der Waals surface area (Å²) in [5.41, 5.74) is 0. The number of hydrogen-bond acceptors (Lipinski definition) is 12. The van der Waals surface area contributed by atoms with Crippen LogP contribution in [0.1, 0.15) is 33.1 Å². The summed E-state index contributed by atoms with van der Waals surface area (Å²) in [5.74, 6) is -0.0329. The van der Waals surface area contributed by atoms with Gasteiger partial charge in [-0.1, -0.05) is 6.92 Å². The van der Waals surface area contributed by atoms with E-state index in [1.165, 1.54) is 0 Å². The topological polar surface area (TPSA) is 145 Å². The molecule has 262 valence electrons. The number of nitrogens with zero attached hydrogens (tertiary/aromatic N) is 1. The van der Waals surface area contributed by atoms with Gasteiger partial charge in [-0.15, -0.1) is 0 Å². The maximum absolute atomic E-state index is 11.6. The third-order valence-corrected chi connectivity index (χ3v) is 5.97. The van der Waals surface area contributed by atoms with Gasteiger partial charge < -0.3 is 58.2 Å². The molecule has 0 aliphatic heterocycles. The Bertz CT molecular complexity index is 635. The van der Waals surface area contributed by atoms with Gasteiger partial charge in [-0.3, -0.25) is 9.59 Å². The molecule has 0 rings (SSSR count). The molecule has 0 aromatic heterocycles. The molecule has 0 spiro atoms. The van der Waals surface area contributed by atoms with Crippen LogP contribution in [0.25, 0.3) is 0 Å². The van der Waals surface area contributed by atoms with Crippen LogP contribution in [0.2, 0.25) is 0 Å². The van der Waals surface area contributed by atoms with E-state index in [1.54, 1.807) is 7.11 Å². The lowest BCUT2D eigenvalue weighted by Crippen LogP contribution is -2.32. The van der Waals surface area contributed by atoms with Crippen LogP contribution in [0.15, 0.2) is 0 Å². The molecule has 0 bridgehead atoms. The summed E-state index contributed by atoms with van der Waals surface area (Å²) >= 11 is 0. The molecular formula is C30H61N3O11. The first-order valence-electron chi connectivity index (χ1n) is 15.9. The largest absolute Gasteiger partial charge is 0.380 e. The van der Waals surface area contributed by atoms with Crippen LogP contribution in [0.5, 0.6) is 0 Å². The normalized spacial score (nSPS) is 12.1. The van der Waals surface area contributed by atoms with E-state index in [0.717, 1.165) is 19.5 Å². The highest BCUT2D eigenvalue weighted by molar-refractivity contribution is 5.76. The highest BCUT2D eigenvalue weighted by Crippen LogP contribution is 1.90. The monoisotopic (exact) mass is 639 g/mol. The molecule has 0 aromatic carbocycles. The molecule has 2 amide bonds. The minimum atomic E-state index is -0.0517. The van der Waals surface area contributed by atoms with Gasteiger partial charge in [0.25, 0.3) is 0 Å². The van der Waals surface area contributed by atoms with Gasteiger partial charge >= 0.3 is 0 Å². The van der Waals surface area contributed by atoms with Crippen LogP contribution < -0.4 is 10.6 Å². The first-order valence-corrected chi connectivity index (χ1v) is 15.9. The number of carbonyl (C=O) groups is 2. The Morgan fingerprint density at radius 2 is 0.909 bits per heavy atom. The van der Waals surface area contributed by atoms with Crippen molar-refractivity contribution in [1.29, 1.82) is 0 Å². The van der Waals surface area contributed by atoms with Crippen molar-refractivity contribution < 1.29 is 52.2 Å². The molecule has 0 aliphatic carbocycles. The van der Waals surface area contributed by atoms with Crippen LogP contribution in [0, 0.1) is 0 Å². The van der Waals surface area contributed by atoms with Crippen molar-refractivity contribution in [3.63, 3.8) is 0 Å². The van der Waals surface area contributed by atoms with Gasteiger partial charge in [-0.2, -0.15) is 0 Å². The predicted molar refractivity (Wildman–Crippen MR) is 166 cm³/mol. The fourth-order valence-electron chi connectivity index (χ4n) is 3.19. The molecule has 14 heteroatoms. The molecule has 1 unspecified atom stereocenters. The Hall–Kier alpha value is -1.46. The van der Waals surface area contributed by atoms with E-state index in [0.29, 0.717) is 132 Å². The van der Waals surface area contributed by atoms with Crippen molar-refractivity contribution >= 4 is 11.8 Å². The van der Waals surface area contributed by atoms with Crippen LogP contribution in [-0.4, -0.2) is 169 Å². The molecule has 0 heterocycles. The fraction of sp³-hybridized carbons (Fsp3) is 0.933. The van der Waals surface area contributed by atoms with E-state index in [4.69, 9.17) is 42.6 Å². The summed E-state index contributed by atoms with van der Waals surface area (Å²) in [4.78, 5) is 25.2. The Morgan fingerprint density at radius 1 is 0.568 bits per heavy atom. The third-order valence-electron chi connectivity index (χ3n) is 5.97. The molecule has 0 aliphatic rings. The van der Waals surface area contributed by atoms with E-state index in [-0.39, 0.29) is 17.9 Å². The standard InChI is InChI=1S/C30H61N3O11/c1-5-8-31-29(34)6-11-37-15-19-41-23-25-43-21-17-39-13-9-33(3)10-14-40-18-22-44-26-24-42-20-16-38-12-7-30(35)32-27-28(2)36-4/h28H,5-27H2,1-4H3,(H,31,34)(H,32,35). The average molecular weight is 640 g/mol. The summed E-state index contributed by atoms with van der Waals surface area (Å²) in [6.07, 6.45) is 1.62. The molecule has 0 saturated heterocycles. The van der Waals surface area contributed by atoms with Crippen LogP contribution >= 0.6 is 0 Å². The van der Waals surface area contributed by atoms with Crippen molar-refractivity contribution in [1.82, 2.24) is 15.5 Å². The van der Waals surface area contributed by atoms with E-state index in [9.17, 15) is 9.59 Å². The zero-order valence-electron chi connectivity index (χ0n) is 27.8. The Labute approximate surface area is 265 Å². The predicted octanol–water partition coefficient (Wildman–Crippen LogP) is 0.509. The van der Waals surface area contributed by atoms with Gasteiger partial charge in [0.05, 0.1) is 112 Å². The maximum Gasteiger partial charge on any atom is 0.222 e. The van der Waals surface area contributed by atoms with Gasteiger partial charge in [-0.05, 0) is 20.4 Å². The Kier molecular flexibility index (Phi) is 33.3. The molecule has 44 heavy (non-hydrogen) atoms. The maximum atomic E-state index is 11.6. The SMILES string of the molecule is CCCNC(=O)CCOCCOCCOCCOCCN(C)CCOCCOCCOCCOCCC(=O)NCC(C)OC.